The Morgan fingerprint density at radius 1 is 1.15 bits per heavy atom. The van der Waals surface area contributed by atoms with E-state index >= 15 is 0 Å². The molecule has 0 fully saturated rings. The van der Waals surface area contributed by atoms with Crippen molar-refractivity contribution in [1.82, 2.24) is 0 Å². The summed E-state index contributed by atoms with van der Waals surface area (Å²) in [6, 6.07) is 16.8. The number of hydrogen-bond donors (Lipinski definition) is 1. The third-order valence-electron chi connectivity index (χ3n) is 4.70. The second kappa shape index (κ2) is 6.19. The molecule has 1 N–H and O–H groups in total. The van der Waals surface area contributed by atoms with Gasteiger partial charge in [0.25, 0.3) is 5.91 Å². The molecule has 5 heteroatoms. The number of methoxy groups -OCH3 is 1. The molecule has 0 unspecified atom stereocenters. The zero-order valence-corrected chi connectivity index (χ0v) is 14.2. The maximum atomic E-state index is 12.9. The third kappa shape index (κ3) is 2.58. The Bertz CT molecular complexity index is 1020. The van der Waals surface area contributed by atoms with Crippen molar-refractivity contribution in [2.75, 3.05) is 12.0 Å². The Kier molecular flexibility index (Phi) is 3.84. The quantitative estimate of drug-likeness (QED) is 0.782. The molecule has 1 heterocycles. The number of hydrogen-bond acceptors (Lipinski definition) is 3. The van der Waals surface area contributed by atoms with Crippen molar-refractivity contribution in [3.63, 3.8) is 0 Å². The lowest BCUT2D eigenvalue weighted by molar-refractivity contribution is -0.136. The molecule has 3 aromatic carbocycles. The van der Waals surface area contributed by atoms with Crippen LogP contribution in [0, 0.1) is 0 Å². The molecule has 5 nitrogen and oxygen atoms in total. The van der Waals surface area contributed by atoms with E-state index < -0.39 is 5.97 Å². The van der Waals surface area contributed by atoms with Crippen molar-refractivity contribution in [2.45, 2.75) is 13.0 Å². The topological polar surface area (TPSA) is 66.8 Å². The van der Waals surface area contributed by atoms with Crippen LogP contribution in [0.2, 0.25) is 0 Å². The lowest BCUT2D eigenvalue weighted by Crippen LogP contribution is -2.22. The van der Waals surface area contributed by atoms with E-state index in [1.54, 1.807) is 36.3 Å². The van der Waals surface area contributed by atoms with Crippen molar-refractivity contribution in [3.8, 4) is 5.75 Å². The summed E-state index contributed by atoms with van der Waals surface area (Å²) >= 11 is 0. The van der Waals surface area contributed by atoms with E-state index in [1.165, 1.54) is 0 Å². The average molecular weight is 347 g/mol. The highest BCUT2D eigenvalue weighted by atomic mass is 16.5. The highest BCUT2D eigenvalue weighted by Gasteiger charge is 2.32. The molecule has 26 heavy (non-hydrogen) atoms. The molecule has 0 atom stereocenters. The maximum absolute atomic E-state index is 12.9. The van der Waals surface area contributed by atoms with Gasteiger partial charge in [-0.05, 0) is 29.1 Å². The molecule has 1 aliphatic rings. The lowest BCUT2D eigenvalue weighted by Gasteiger charge is -2.16. The summed E-state index contributed by atoms with van der Waals surface area (Å²) in [7, 11) is 1.62. The summed E-state index contributed by atoms with van der Waals surface area (Å²) in [6.45, 7) is 0.431. The Morgan fingerprint density at radius 2 is 1.88 bits per heavy atom. The van der Waals surface area contributed by atoms with Crippen molar-refractivity contribution < 1.29 is 19.4 Å². The fraction of sp³-hybridized carbons (Fsp3) is 0.143. The van der Waals surface area contributed by atoms with E-state index in [0.717, 1.165) is 27.8 Å². The second-order valence-electron chi connectivity index (χ2n) is 6.29. The van der Waals surface area contributed by atoms with Crippen LogP contribution in [0.3, 0.4) is 0 Å². The highest BCUT2D eigenvalue weighted by molar-refractivity contribution is 6.13. The van der Waals surface area contributed by atoms with E-state index in [0.29, 0.717) is 17.7 Å². The van der Waals surface area contributed by atoms with Gasteiger partial charge >= 0.3 is 5.97 Å². The number of aliphatic carboxylic acids is 1. The molecular weight excluding hydrogens is 330 g/mol. The Hall–Kier alpha value is -3.34. The van der Waals surface area contributed by atoms with Crippen LogP contribution in [0.1, 0.15) is 21.5 Å². The molecule has 0 aliphatic carbocycles. The minimum atomic E-state index is -0.876. The largest absolute Gasteiger partial charge is 0.496 e. The van der Waals surface area contributed by atoms with Crippen molar-refractivity contribution >= 4 is 28.3 Å². The predicted octanol–water partition coefficient (Wildman–Crippen LogP) is 3.64. The van der Waals surface area contributed by atoms with Gasteiger partial charge in [0, 0.05) is 22.2 Å². The van der Waals surface area contributed by atoms with Crippen LogP contribution in [0.15, 0.2) is 54.6 Å². The summed E-state index contributed by atoms with van der Waals surface area (Å²) in [5.74, 6) is -0.217. The number of carboxylic acid groups (broad SMARTS) is 1. The van der Waals surface area contributed by atoms with Crippen LogP contribution in [0.25, 0.3) is 10.8 Å². The van der Waals surface area contributed by atoms with E-state index in [1.807, 2.05) is 30.3 Å². The van der Waals surface area contributed by atoms with E-state index in [-0.39, 0.29) is 12.3 Å². The number of ether oxygens (including phenoxy) is 1. The standard InChI is InChI=1S/C21H17NO4/c1-26-20-16-5-3-2-4-14(16)11-17-18(20)12-22(21(17)25)15-8-6-13(7-9-15)10-19(23)24/h2-9,11H,10,12H2,1H3,(H,23,24). The first-order valence-corrected chi connectivity index (χ1v) is 8.29. The Balaban J connectivity index is 1.74. The molecule has 3 aromatic rings. The van der Waals surface area contributed by atoms with E-state index in [2.05, 4.69) is 0 Å². The number of benzene rings is 3. The van der Waals surface area contributed by atoms with Gasteiger partial charge in [0.05, 0.1) is 20.1 Å². The monoisotopic (exact) mass is 347 g/mol. The third-order valence-corrected chi connectivity index (χ3v) is 4.70. The van der Waals surface area contributed by atoms with Gasteiger partial charge in [0.15, 0.2) is 0 Å². The molecule has 4 rings (SSSR count). The molecule has 0 radical (unpaired) electrons. The van der Waals surface area contributed by atoms with Gasteiger partial charge in [0.1, 0.15) is 5.75 Å². The SMILES string of the molecule is COc1c2c(cc3ccccc13)C(=O)N(c1ccc(CC(=O)O)cc1)C2. The normalized spacial score (nSPS) is 13.1. The molecule has 1 amide bonds. The fourth-order valence-corrected chi connectivity index (χ4v) is 3.49. The minimum absolute atomic E-state index is 0.0341. The first kappa shape index (κ1) is 16.1. The maximum Gasteiger partial charge on any atom is 0.307 e. The number of rotatable bonds is 4. The second-order valence-corrected chi connectivity index (χ2v) is 6.29. The van der Waals surface area contributed by atoms with Gasteiger partial charge in [-0.1, -0.05) is 36.4 Å². The summed E-state index contributed by atoms with van der Waals surface area (Å²) < 4.78 is 5.62. The summed E-state index contributed by atoms with van der Waals surface area (Å²) in [6.07, 6.45) is -0.0341. The fourth-order valence-electron chi connectivity index (χ4n) is 3.49. The molecule has 0 bridgehead atoms. The molecule has 0 spiro atoms. The van der Waals surface area contributed by atoms with Gasteiger partial charge in [-0.25, -0.2) is 0 Å². The summed E-state index contributed by atoms with van der Waals surface area (Å²) in [5.41, 5.74) is 2.97. The first-order valence-electron chi connectivity index (χ1n) is 8.29. The Labute approximate surface area is 150 Å². The van der Waals surface area contributed by atoms with Crippen LogP contribution in [0.4, 0.5) is 5.69 Å². The number of carboxylic acids is 1. The predicted molar refractivity (Wildman–Crippen MR) is 98.8 cm³/mol. The Morgan fingerprint density at radius 3 is 2.58 bits per heavy atom. The number of carbonyl (C=O) groups excluding carboxylic acids is 1. The van der Waals surface area contributed by atoms with Crippen LogP contribution < -0.4 is 9.64 Å². The van der Waals surface area contributed by atoms with Crippen molar-refractivity contribution in [1.29, 1.82) is 0 Å². The van der Waals surface area contributed by atoms with Gasteiger partial charge in [-0.3, -0.25) is 9.59 Å². The minimum Gasteiger partial charge on any atom is -0.496 e. The van der Waals surface area contributed by atoms with Gasteiger partial charge in [-0.15, -0.1) is 0 Å². The van der Waals surface area contributed by atoms with Gasteiger partial charge < -0.3 is 14.7 Å². The zero-order valence-electron chi connectivity index (χ0n) is 14.2. The number of fused-ring (bicyclic) bond motifs is 2. The lowest BCUT2D eigenvalue weighted by atomic mass is 10.0. The zero-order chi connectivity index (χ0) is 18.3. The molecule has 0 saturated heterocycles. The van der Waals surface area contributed by atoms with E-state index in [4.69, 9.17) is 9.84 Å². The van der Waals surface area contributed by atoms with Gasteiger partial charge in [0.2, 0.25) is 0 Å². The van der Waals surface area contributed by atoms with Crippen LogP contribution >= 0.6 is 0 Å². The summed E-state index contributed by atoms with van der Waals surface area (Å²) in [5, 5.41) is 10.8. The highest BCUT2D eigenvalue weighted by Crippen LogP contribution is 2.39. The molecule has 0 saturated carbocycles. The molecule has 0 aromatic heterocycles. The molecular formula is C21H17NO4. The van der Waals surface area contributed by atoms with Crippen LogP contribution in [0.5, 0.6) is 5.75 Å². The number of amides is 1. The van der Waals surface area contributed by atoms with Crippen LogP contribution in [-0.4, -0.2) is 24.1 Å². The molecule has 130 valence electrons. The number of anilines is 1. The van der Waals surface area contributed by atoms with Crippen molar-refractivity contribution in [3.05, 3.63) is 71.3 Å². The number of nitrogens with zero attached hydrogens (tertiary/aromatic N) is 1. The molecule has 1 aliphatic heterocycles. The smallest absolute Gasteiger partial charge is 0.307 e. The summed E-state index contributed by atoms with van der Waals surface area (Å²) in [4.78, 5) is 25.5. The van der Waals surface area contributed by atoms with Crippen molar-refractivity contribution in [2.24, 2.45) is 0 Å². The first-order chi connectivity index (χ1) is 12.6. The number of carbonyl (C=O) groups is 2. The van der Waals surface area contributed by atoms with E-state index in [9.17, 15) is 9.59 Å². The van der Waals surface area contributed by atoms with Gasteiger partial charge in [-0.2, -0.15) is 0 Å². The average Bonchev–Trinajstić information content (AvgIpc) is 2.96. The van der Waals surface area contributed by atoms with Crippen LogP contribution in [-0.2, 0) is 17.8 Å².